The topological polar surface area (TPSA) is 20.3 Å². The lowest BCUT2D eigenvalue weighted by Gasteiger charge is -2.23. The summed E-state index contributed by atoms with van der Waals surface area (Å²) in [6.45, 7) is 4.09. The van der Waals surface area contributed by atoms with E-state index in [0.717, 1.165) is 38.1 Å². The summed E-state index contributed by atoms with van der Waals surface area (Å²) in [7, 11) is 0. The van der Waals surface area contributed by atoms with Crippen LogP contribution in [0.15, 0.2) is 88.9 Å². The minimum absolute atomic E-state index is 0.00419. The van der Waals surface area contributed by atoms with Crippen molar-refractivity contribution >= 4 is 39.3 Å². The second kappa shape index (κ2) is 7.61. The number of nitrogens with zero attached hydrogens (tertiary/aromatic N) is 1. The molecule has 0 aromatic heterocycles. The van der Waals surface area contributed by atoms with Crippen LogP contribution in [-0.2, 0) is 4.79 Å². The van der Waals surface area contributed by atoms with Gasteiger partial charge in [0.1, 0.15) is 0 Å². The molecule has 3 aromatic carbocycles. The minimum Gasteiger partial charge on any atom is -0.276 e. The molecule has 1 amide bonds. The lowest BCUT2D eigenvalue weighted by Crippen LogP contribution is -2.25. The number of carbonyl (C=O) groups excluding carboxylic acids is 1. The van der Waals surface area contributed by atoms with Crippen molar-refractivity contribution in [2.45, 2.75) is 13.8 Å². The van der Waals surface area contributed by atoms with Gasteiger partial charge < -0.3 is 0 Å². The SMILES string of the molecule is Cc1ccc(C)c(N2C(=O)/C(=C/c3ccc(Br)cc3)C=C2c2ccccc2)c1. The summed E-state index contributed by atoms with van der Waals surface area (Å²) in [6.07, 6.45) is 3.93. The van der Waals surface area contributed by atoms with Crippen LogP contribution in [0.4, 0.5) is 5.69 Å². The average molecular weight is 430 g/mol. The highest BCUT2D eigenvalue weighted by Crippen LogP contribution is 2.37. The molecule has 138 valence electrons. The minimum atomic E-state index is -0.00419. The van der Waals surface area contributed by atoms with Crippen LogP contribution in [0.2, 0.25) is 0 Å². The number of rotatable bonds is 3. The molecule has 0 saturated carbocycles. The molecule has 0 spiro atoms. The molecule has 1 aliphatic rings. The lowest BCUT2D eigenvalue weighted by molar-refractivity contribution is -0.113. The fraction of sp³-hybridized carbons (Fsp3) is 0.0800. The van der Waals surface area contributed by atoms with Crippen molar-refractivity contribution in [2.24, 2.45) is 0 Å². The third-order valence-electron chi connectivity index (χ3n) is 4.85. The highest BCUT2D eigenvalue weighted by atomic mass is 79.9. The third kappa shape index (κ3) is 3.58. The van der Waals surface area contributed by atoms with Crippen LogP contribution < -0.4 is 4.90 Å². The van der Waals surface area contributed by atoms with Gasteiger partial charge in [-0.05, 0) is 66.5 Å². The van der Waals surface area contributed by atoms with E-state index in [9.17, 15) is 4.79 Å². The second-order valence-electron chi connectivity index (χ2n) is 6.98. The van der Waals surface area contributed by atoms with Gasteiger partial charge >= 0.3 is 0 Å². The van der Waals surface area contributed by atoms with Crippen molar-refractivity contribution in [1.29, 1.82) is 0 Å². The van der Waals surface area contributed by atoms with Crippen LogP contribution in [-0.4, -0.2) is 5.91 Å². The summed E-state index contributed by atoms with van der Waals surface area (Å²) in [6, 6.07) is 24.2. The first kappa shape index (κ1) is 18.5. The number of hydrogen-bond donors (Lipinski definition) is 0. The van der Waals surface area contributed by atoms with Crippen LogP contribution in [0.3, 0.4) is 0 Å². The van der Waals surface area contributed by atoms with Gasteiger partial charge in [-0.3, -0.25) is 9.69 Å². The molecule has 0 atom stereocenters. The zero-order valence-corrected chi connectivity index (χ0v) is 17.4. The van der Waals surface area contributed by atoms with E-state index in [1.165, 1.54) is 0 Å². The number of halogens is 1. The molecule has 28 heavy (non-hydrogen) atoms. The highest BCUT2D eigenvalue weighted by molar-refractivity contribution is 9.10. The molecule has 3 heteroatoms. The first-order valence-corrected chi connectivity index (χ1v) is 9.98. The van der Waals surface area contributed by atoms with Crippen molar-refractivity contribution in [2.75, 3.05) is 4.90 Å². The first-order chi connectivity index (χ1) is 13.5. The van der Waals surface area contributed by atoms with E-state index < -0.39 is 0 Å². The Labute approximate surface area is 174 Å². The highest BCUT2D eigenvalue weighted by Gasteiger charge is 2.31. The van der Waals surface area contributed by atoms with Gasteiger partial charge in [0.2, 0.25) is 0 Å². The molecule has 1 aliphatic heterocycles. The van der Waals surface area contributed by atoms with E-state index in [1.807, 2.05) is 85.5 Å². The first-order valence-electron chi connectivity index (χ1n) is 9.19. The standard InChI is InChI=1S/C25H20BrNO/c1-17-8-9-18(2)23(14-17)27-24(20-6-4-3-5-7-20)16-21(25(27)28)15-19-10-12-22(26)13-11-19/h3-16H,1-2H3/b21-15+. The molecule has 0 bridgehead atoms. The van der Waals surface area contributed by atoms with E-state index in [4.69, 9.17) is 0 Å². The van der Waals surface area contributed by atoms with Gasteiger partial charge in [0.25, 0.3) is 5.91 Å². The quantitative estimate of drug-likeness (QED) is 0.432. The Morgan fingerprint density at radius 2 is 1.61 bits per heavy atom. The van der Waals surface area contributed by atoms with Crippen LogP contribution in [0.25, 0.3) is 11.8 Å². The molecule has 0 aliphatic carbocycles. The Balaban J connectivity index is 1.85. The van der Waals surface area contributed by atoms with Crippen LogP contribution in [0.5, 0.6) is 0 Å². The van der Waals surface area contributed by atoms with Crippen molar-refractivity contribution in [3.05, 3.63) is 111 Å². The van der Waals surface area contributed by atoms with Gasteiger partial charge in [-0.1, -0.05) is 70.5 Å². The van der Waals surface area contributed by atoms with Gasteiger partial charge in [-0.15, -0.1) is 0 Å². The van der Waals surface area contributed by atoms with Gasteiger partial charge in [0.15, 0.2) is 0 Å². The fourth-order valence-electron chi connectivity index (χ4n) is 3.37. The number of aryl methyl sites for hydroxylation is 2. The predicted octanol–water partition coefficient (Wildman–Crippen LogP) is 6.54. The van der Waals surface area contributed by atoms with Crippen molar-refractivity contribution in [3.63, 3.8) is 0 Å². The summed E-state index contributed by atoms with van der Waals surface area (Å²) < 4.78 is 1.02. The molecule has 2 nitrogen and oxygen atoms in total. The van der Waals surface area contributed by atoms with Gasteiger partial charge in [0, 0.05) is 10.0 Å². The summed E-state index contributed by atoms with van der Waals surface area (Å²) in [5.74, 6) is -0.00419. The normalized spacial score (nSPS) is 15.2. The maximum atomic E-state index is 13.4. The molecule has 0 fully saturated rings. The van der Waals surface area contributed by atoms with Gasteiger partial charge in [0.05, 0.1) is 11.4 Å². The van der Waals surface area contributed by atoms with Crippen molar-refractivity contribution in [1.82, 2.24) is 0 Å². The van der Waals surface area contributed by atoms with Gasteiger partial charge in [-0.25, -0.2) is 0 Å². The molecule has 0 N–H and O–H groups in total. The third-order valence-corrected chi connectivity index (χ3v) is 5.38. The molecule has 4 rings (SSSR count). The van der Waals surface area contributed by atoms with Crippen LogP contribution >= 0.6 is 15.9 Å². The van der Waals surface area contributed by atoms with Crippen LogP contribution in [0.1, 0.15) is 22.3 Å². The second-order valence-corrected chi connectivity index (χ2v) is 7.89. The predicted molar refractivity (Wildman–Crippen MR) is 120 cm³/mol. The summed E-state index contributed by atoms with van der Waals surface area (Å²) in [5.41, 5.74) is 6.75. The number of hydrogen-bond acceptors (Lipinski definition) is 1. The van der Waals surface area contributed by atoms with E-state index >= 15 is 0 Å². The van der Waals surface area contributed by atoms with E-state index in [-0.39, 0.29) is 5.91 Å². The van der Waals surface area contributed by atoms with E-state index in [2.05, 4.69) is 34.1 Å². The molecule has 3 aromatic rings. The molecular weight excluding hydrogens is 410 g/mol. The Morgan fingerprint density at radius 1 is 0.893 bits per heavy atom. The van der Waals surface area contributed by atoms with Crippen molar-refractivity contribution < 1.29 is 4.79 Å². The Kier molecular flexibility index (Phi) is 5.01. The Bertz CT molecular complexity index is 1100. The molecule has 0 saturated heterocycles. The maximum Gasteiger partial charge on any atom is 0.262 e. The zero-order valence-electron chi connectivity index (χ0n) is 15.8. The number of carbonyl (C=O) groups is 1. The average Bonchev–Trinajstić information content (AvgIpc) is 3.02. The Hall–Kier alpha value is -2.91. The molecule has 0 radical (unpaired) electrons. The number of benzene rings is 3. The smallest absolute Gasteiger partial charge is 0.262 e. The largest absolute Gasteiger partial charge is 0.276 e. The van der Waals surface area contributed by atoms with E-state index in [1.54, 1.807) is 0 Å². The molecular formula is C25H20BrNO. The maximum absolute atomic E-state index is 13.4. The zero-order chi connectivity index (χ0) is 19.7. The monoisotopic (exact) mass is 429 g/mol. The molecule has 1 heterocycles. The number of amides is 1. The summed E-state index contributed by atoms with van der Waals surface area (Å²) >= 11 is 3.46. The summed E-state index contributed by atoms with van der Waals surface area (Å²) in [5, 5.41) is 0. The van der Waals surface area contributed by atoms with Crippen molar-refractivity contribution in [3.8, 4) is 0 Å². The lowest BCUT2D eigenvalue weighted by atomic mass is 10.1. The number of anilines is 1. The Morgan fingerprint density at radius 3 is 2.32 bits per heavy atom. The van der Waals surface area contributed by atoms with Crippen LogP contribution in [0, 0.1) is 13.8 Å². The molecule has 0 unspecified atom stereocenters. The summed E-state index contributed by atoms with van der Waals surface area (Å²) in [4.78, 5) is 15.3. The fourth-order valence-corrected chi connectivity index (χ4v) is 3.64. The van der Waals surface area contributed by atoms with E-state index in [0.29, 0.717) is 5.57 Å². The van der Waals surface area contributed by atoms with Gasteiger partial charge in [-0.2, -0.15) is 0 Å².